The Morgan fingerprint density at radius 3 is 1.94 bits per heavy atom. The minimum atomic E-state index is -1.56. The van der Waals surface area contributed by atoms with E-state index in [1.54, 1.807) is 0 Å². The van der Waals surface area contributed by atoms with Gasteiger partial charge in [-0.05, 0) is 42.8 Å². The van der Waals surface area contributed by atoms with Gasteiger partial charge in [-0.25, -0.2) is 0 Å². The van der Waals surface area contributed by atoms with Crippen molar-refractivity contribution in [3.8, 4) is 0 Å². The monoisotopic (exact) mass is 368 g/mol. The van der Waals surface area contributed by atoms with Crippen LogP contribution in [0.5, 0.6) is 0 Å². The molecule has 2 atom stereocenters. The summed E-state index contributed by atoms with van der Waals surface area (Å²) in [5.41, 5.74) is 0. The summed E-state index contributed by atoms with van der Waals surface area (Å²) in [7, 11) is -1.56. The Labute approximate surface area is 117 Å². The molecular weight excluding hydrogens is 348 g/mol. The second kappa shape index (κ2) is 3.81. The van der Waals surface area contributed by atoms with Crippen molar-refractivity contribution in [1.82, 2.24) is 0 Å². The Kier molecular flexibility index (Phi) is 3.23. The molecule has 0 aromatic rings. The second-order valence-corrected chi connectivity index (χ2v) is 15.3. The van der Waals surface area contributed by atoms with Gasteiger partial charge < -0.3 is 4.43 Å². The lowest BCUT2D eigenvalue weighted by atomic mass is 10.2. The maximum atomic E-state index is 6.45. The van der Waals surface area contributed by atoms with Crippen LogP contribution in [0, 0.1) is 11.8 Å². The molecule has 1 nitrogen and oxygen atoms in total. The summed E-state index contributed by atoms with van der Waals surface area (Å²) in [4.78, 5) is 0. The van der Waals surface area contributed by atoms with Crippen LogP contribution in [0.2, 0.25) is 18.1 Å². The Balaban J connectivity index is 1.90. The van der Waals surface area contributed by atoms with Crippen molar-refractivity contribution in [2.45, 2.75) is 61.1 Å². The third-order valence-corrected chi connectivity index (χ3v) is 11.6. The smallest absolute Gasteiger partial charge is 0.192 e. The molecule has 0 spiro atoms. The van der Waals surface area contributed by atoms with Crippen molar-refractivity contribution in [3.63, 3.8) is 0 Å². The van der Waals surface area contributed by atoms with Crippen molar-refractivity contribution >= 4 is 40.2 Å². The summed E-state index contributed by atoms with van der Waals surface area (Å²) >= 11 is 7.50. The fourth-order valence-electron chi connectivity index (χ4n) is 2.46. The zero-order valence-electron chi connectivity index (χ0n) is 10.8. The topological polar surface area (TPSA) is 9.23 Å². The molecule has 0 bridgehead atoms. The predicted molar refractivity (Wildman–Crippen MR) is 78.9 cm³/mol. The summed E-state index contributed by atoms with van der Waals surface area (Å²) in [6, 6.07) is 0. The highest BCUT2D eigenvalue weighted by Gasteiger charge is 2.66. The molecule has 2 aliphatic rings. The maximum Gasteiger partial charge on any atom is 0.192 e. The van der Waals surface area contributed by atoms with Crippen molar-refractivity contribution in [2.24, 2.45) is 11.8 Å². The van der Waals surface area contributed by atoms with Crippen LogP contribution in [0.1, 0.15) is 33.6 Å². The second-order valence-electron chi connectivity index (χ2n) is 6.86. The quantitative estimate of drug-likeness (QED) is 0.496. The van der Waals surface area contributed by atoms with Gasteiger partial charge in [-0.15, -0.1) is 0 Å². The van der Waals surface area contributed by atoms with Crippen LogP contribution in [0.3, 0.4) is 0 Å². The van der Waals surface area contributed by atoms with Gasteiger partial charge in [-0.1, -0.05) is 52.6 Å². The fraction of sp³-hybridized carbons (Fsp3) is 1.00. The molecule has 16 heavy (non-hydrogen) atoms. The number of hydrogen-bond acceptors (Lipinski definition) is 1. The fourth-order valence-corrected chi connectivity index (χ4v) is 5.59. The first-order valence-corrected chi connectivity index (χ1v) is 10.6. The highest BCUT2D eigenvalue weighted by molar-refractivity contribution is 9.25. The lowest BCUT2D eigenvalue weighted by Gasteiger charge is -2.39. The zero-order valence-corrected chi connectivity index (χ0v) is 15.0. The standard InChI is InChI=1S/C12H22Br2OSi/c1-11(2,3)16(4,5)15-8-6-9-10(7-8)12(9,13)14/h8-10H,6-7H2,1-5H3. The van der Waals surface area contributed by atoms with Gasteiger partial charge in [0.15, 0.2) is 8.32 Å². The average molecular weight is 370 g/mol. The van der Waals surface area contributed by atoms with Gasteiger partial charge in [0.05, 0.1) is 3.23 Å². The molecule has 0 radical (unpaired) electrons. The summed E-state index contributed by atoms with van der Waals surface area (Å²) in [6.45, 7) is 11.6. The third-order valence-electron chi connectivity index (χ3n) is 4.67. The third kappa shape index (κ3) is 2.19. The van der Waals surface area contributed by atoms with Crippen LogP contribution in [-0.2, 0) is 4.43 Å². The van der Waals surface area contributed by atoms with Gasteiger partial charge in [0.1, 0.15) is 0 Å². The van der Waals surface area contributed by atoms with E-state index in [0.29, 0.717) is 11.1 Å². The molecule has 0 N–H and O–H groups in total. The SMILES string of the molecule is CC(C)(C)[Si](C)(C)OC1CC2C(C1)C2(Br)Br. The maximum absolute atomic E-state index is 6.45. The largest absolute Gasteiger partial charge is 0.414 e. The first kappa shape index (κ1) is 13.6. The van der Waals surface area contributed by atoms with Gasteiger partial charge in [-0.2, -0.15) is 0 Å². The molecule has 0 heterocycles. The molecule has 2 fully saturated rings. The van der Waals surface area contributed by atoms with E-state index in [9.17, 15) is 0 Å². The minimum Gasteiger partial charge on any atom is -0.414 e. The Bertz CT molecular complexity index is 282. The Hall–Kier alpha value is 1.14. The summed E-state index contributed by atoms with van der Waals surface area (Å²) < 4.78 is 6.71. The van der Waals surface area contributed by atoms with E-state index >= 15 is 0 Å². The highest BCUT2D eigenvalue weighted by atomic mass is 79.9. The molecule has 0 saturated heterocycles. The van der Waals surface area contributed by atoms with E-state index in [4.69, 9.17) is 4.43 Å². The summed E-state index contributed by atoms with van der Waals surface area (Å²) in [5, 5.41) is 0.333. The van der Waals surface area contributed by atoms with Crippen LogP contribution in [0.15, 0.2) is 0 Å². The van der Waals surface area contributed by atoms with E-state index in [2.05, 4.69) is 65.7 Å². The molecule has 0 aromatic heterocycles. The van der Waals surface area contributed by atoms with Gasteiger partial charge in [0.2, 0.25) is 0 Å². The first-order chi connectivity index (χ1) is 7.06. The zero-order chi connectivity index (χ0) is 12.4. The van der Waals surface area contributed by atoms with Crippen molar-refractivity contribution in [3.05, 3.63) is 0 Å². The number of rotatable bonds is 2. The van der Waals surface area contributed by atoms with Crippen LogP contribution >= 0.6 is 31.9 Å². The van der Waals surface area contributed by atoms with Crippen LogP contribution in [0.4, 0.5) is 0 Å². The summed E-state index contributed by atoms with van der Waals surface area (Å²) in [5.74, 6) is 1.59. The van der Waals surface area contributed by atoms with Crippen LogP contribution < -0.4 is 0 Å². The van der Waals surface area contributed by atoms with Gasteiger partial charge in [-0.3, -0.25) is 0 Å². The average Bonchev–Trinajstić information content (AvgIpc) is 2.44. The normalized spacial score (nSPS) is 37.3. The van der Waals surface area contributed by atoms with E-state index < -0.39 is 8.32 Å². The molecule has 94 valence electrons. The number of hydrogen-bond donors (Lipinski definition) is 0. The van der Waals surface area contributed by atoms with Crippen LogP contribution in [0.25, 0.3) is 0 Å². The molecule has 0 amide bonds. The van der Waals surface area contributed by atoms with Gasteiger partial charge >= 0.3 is 0 Å². The molecule has 2 rings (SSSR count). The van der Waals surface area contributed by atoms with E-state index in [1.807, 2.05) is 0 Å². The number of fused-ring (bicyclic) bond motifs is 1. The highest BCUT2D eigenvalue weighted by Crippen LogP contribution is 2.69. The van der Waals surface area contributed by atoms with E-state index in [0.717, 1.165) is 11.8 Å². The van der Waals surface area contributed by atoms with Crippen molar-refractivity contribution < 1.29 is 4.43 Å². The molecule has 2 saturated carbocycles. The lowest BCUT2D eigenvalue weighted by molar-refractivity contribution is 0.174. The van der Waals surface area contributed by atoms with Crippen LogP contribution in [-0.4, -0.2) is 17.7 Å². The molecule has 4 heteroatoms. The predicted octanol–water partition coefficient (Wildman–Crippen LogP) is 4.90. The van der Waals surface area contributed by atoms with Gasteiger partial charge in [0.25, 0.3) is 0 Å². The van der Waals surface area contributed by atoms with E-state index in [1.165, 1.54) is 12.8 Å². The summed E-state index contributed by atoms with van der Waals surface area (Å²) in [6.07, 6.45) is 2.97. The Morgan fingerprint density at radius 1 is 1.12 bits per heavy atom. The van der Waals surface area contributed by atoms with Gasteiger partial charge in [0, 0.05) is 6.10 Å². The van der Waals surface area contributed by atoms with Crippen molar-refractivity contribution in [2.75, 3.05) is 0 Å². The number of halogens is 2. The molecule has 0 aliphatic heterocycles. The lowest BCUT2D eigenvalue weighted by Crippen LogP contribution is -2.43. The molecule has 0 aromatic carbocycles. The molecule has 2 unspecified atom stereocenters. The molecule has 2 aliphatic carbocycles. The van der Waals surface area contributed by atoms with Crippen molar-refractivity contribution in [1.29, 1.82) is 0 Å². The Morgan fingerprint density at radius 2 is 1.56 bits per heavy atom. The first-order valence-electron chi connectivity index (χ1n) is 6.11. The minimum absolute atomic E-state index is 0.257. The number of alkyl halides is 2. The van der Waals surface area contributed by atoms with E-state index in [-0.39, 0.29) is 3.23 Å². The molecular formula is C12H22Br2OSi.